The largest absolute Gasteiger partial charge is 0.233 e. The SMILES string of the molecule is O=C=Cc1cc(Br)cc(Br)c1. The zero-order chi connectivity index (χ0) is 8.27. The van der Waals surface area contributed by atoms with E-state index in [1.54, 1.807) is 5.94 Å². The lowest BCUT2D eigenvalue weighted by Gasteiger charge is -1.94. The first-order valence-corrected chi connectivity index (χ1v) is 4.48. The maximum atomic E-state index is 9.99. The van der Waals surface area contributed by atoms with Crippen molar-refractivity contribution in [3.63, 3.8) is 0 Å². The molecule has 0 amide bonds. The molecule has 0 aliphatic rings. The number of hydrogen-bond donors (Lipinski definition) is 0. The van der Waals surface area contributed by atoms with E-state index in [1.165, 1.54) is 6.08 Å². The topological polar surface area (TPSA) is 17.1 Å². The van der Waals surface area contributed by atoms with Gasteiger partial charge in [-0.2, -0.15) is 0 Å². The Labute approximate surface area is 81.4 Å². The molecule has 1 nitrogen and oxygen atoms in total. The summed E-state index contributed by atoms with van der Waals surface area (Å²) < 4.78 is 1.88. The highest BCUT2D eigenvalue weighted by Crippen LogP contribution is 2.20. The van der Waals surface area contributed by atoms with E-state index in [1.807, 2.05) is 18.2 Å². The van der Waals surface area contributed by atoms with Gasteiger partial charge in [-0.15, -0.1) is 0 Å². The Bertz CT molecular complexity index is 294. The van der Waals surface area contributed by atoms with E-state index < -0.39 is 0 Å². The van der Waals surface area contributed by atoms with Crippen molar-refractivity contribution in [1.29, 1.82) is 0 Å². The van der Waals surface area contributed by atoms with Gasteiger partial charge in [0.1, 0.15) is 5.94 Å². The van der Waals surface area contributed by atoms with E-state index in [9.17, 15) is 4.79 Å². The average molecular weight is 276 g/mol. The Balaban J connectivity index is 3.18. The van der Waals surface area contributed by atoms with Gasteiger partial charge in [-0.25, -0.2) is 4.79 Å². The van der Waals surface area contributed by atoms with Crippen molar-refractivity contribution in [3.05, 3.63) is 32.7 Å². The summed E-state index contributed by atoms with van der Waals surface area (Å²) in [6.45, 7) is 0. The van der Waals surface area contributed by atoms with Crippen molar-refractivity contribution in [2.75, 3.05) is 0 Å². The van der Waals surface area contributed by atoms with Gasteiger partial charge < -0.3 is 0 Å². The molecule has 0 N–H and O–H groups in total. The fraction of sp³-hybridized carbons (Fsp3) is 0. The van der Waals surface area contributed by atoms with Gasteiger partial charge >= 0.3 is 0 Å². The lowest BCUT2D eigenvalue weighted by Crippen LogP contribution is -1.73. The third-order valence-electron chi connectivity index (χ3n) is 1.11. The van der Waals surface area contributed by atoms with Crippen LogP contribution in [0, 0.1) is 0 Å². The molecule has 0 radical (unpaired) electrons. The summed E-state index contributed by atoms with van der Waals surface area (Å²) in [7, 11) is 0. The van der Waals surface area contributed by atoms with Crippen molar-refractivity contribution in [2.45, 2.75) is 0 Å². The Kier molecular flexibility index (Phi) is 3.06. The maximum Gasteiger partial charge on any atom is 0.125 e. The molecule has 1 aromatic carbocycles. The van der Waals surface area contributed by atoms with Gasteiger partial charge in [-0.05, 0) is 23.8 Å². The molecule has 0 bridgehead atoms. The van der Waals surface area contributed by atoms with Crippen LogP contribution >= 0.6 is 31.9 Å². The van der Waals surface area contributed by atoms with Crippen LogP contribution in [0.15, 0.2) is 27.1 Å². The van der Waals surface area contributed by atoms with E-state index in [0.717, 1.165) is 14.5 Å². The molecule has 11 heavy (non-hydrogen) atoms. The maximum absolute atomic E-state index is 9.99. The van der Waals surface area contributed by atoms with Crippen LogP contribution in [0.1, 0.15) is 5.56 Å². The lowest BCUT2D eigenvalue weighted by atomic mass is 10.2. The van der Waals surface area contributed by atoms with Crippen LogP contribution in [0.25, 0.3) is 6.08 Å². The van der Waals surface area contributed by atoms with Crippen molar-refractivity contribution < 1.29 is 4.79 Å². The number of carbonyl (C=O) groups excluding carboxylic acids is 1. The Morgan fingerprint density at radius 2 is 1.73 bits per heavy atom. The van der Waals surface area contributed by atoms with Crippen LogP contribution in [0.5, 0.6) is 0 Å². The van der Waals surface area contributed by atoms with Crippen molar-refractivity contribution in [1.82, 2.24) is 0 Å². The number of benzene rings is 1. The van der Waals surface area contributed by atoms with Gasteiger partial charge in [-0.1, -0.05) is 31.9 Å². The highest BCUT2D eigenvalue weighted by molar-refractivity contribution is 9.11. The number of halogens is 2. The van der Waals surface area contributed by atoms with Crippen molar-refractivity contribution in [3.8, 4) is 0 Å². The van der Waals surface area contributed by atoms with Crippen LogP contribution in [-0.4, -0.2) is 5.94 Å². The van der Waals surface area contributed by atoms with Gasteiger partial charge in [0.15, 0.2) is 0 Å². The minimum Gasteiger partial charge on any atom is -0.233 e. The molecule has 56 valence electrons. The summed E-state index contributed by atoms with van der Waals surface area (Å²) in [5.74, 6) is 1.72. The second-order valence-corrected chi connectivity index (χ2v) is 3.80. The van der Waals surface area contributed by atoms with E-state index in [-0.39, 0.29) is 0 Å². The predicted molar refractivity (Wildman–Crippen MR) is 52.0 cm³/mol. The summed E-state index contributed by atoms with van der Waals surface area (Å²) in [5, 5.41) is 0. The van der Waals surface area contributed by atoms with Crippen LogP contribution < -0.4 is 0 Å². The minimum atomic E-state index is 0.834. The van der Waals surface area contributed by atoms with Crippen LogP contribution in [0.2, 0.25) is 0 Å². The van der Waals surface area contributed by atoms with Gasteiger partial charge in [0, 0.05) is 15.0 Å². The molecule has 0 saturated carbocycles. The molecule has 0 spiro atoms. The molecule has 1 aromatic rings. The Morgan fingerprint density at radius 3 is 2.18 bits per heavy atom. The standard InChI is InChI=1S/C8H4Br2O/c9-7-3-6(1-2-11)4-8(10)5-7/h1,3-5H. The highest BCUT2D eigenvalue weighted by atomic mass is 79.9. The monoisotopic (exact) mass is 274 g/mol. The first-order chi connectivity index (χ1) is 5.22. The first-order valence-electron chi connectivity index (χ1n) is 2.89. The predicted octanol–water partition coefficient (Wildman–Crippen LogP) is 3.06. The third-order valence-corrected chi connectivity index (χ3v) is 2.03. The smallest absolute Gasteiger partial charge is 0.125 e. The summed E-state index contributed by atoms with van der Waals surface area (Å²) in [6, 6.07) is 5.59. The normalized spacial score (nSPS) is 8.91. The summed E-state index contributed by atoms with van der Waals surface area (Å²) in [5.41, 5.74) is 0.834. The summed E-state index contributed by atoms with van der Waals surface area (Å²) in [4.78, 5) is 9.99. The van der Waals surface area contributed by atoms with Gasteiger partial charge in [0.25, 0.3) is 0 Å². The second kappa shape index (κ2) is 3.86. The molecule has 1 rings (SSSR count). The molecule has 3 heteroatoms. The first kappa shape index (κ1) is 8.72. The fourth-order valence-corrected chi connectivity index (χ4v) is 2.06. The van der Waals surface area contributed by atoms with Crippen molar-refractivity contribution in [2.24, 2.45) is 0 Å². The third kappa shape index (κ3) is 2.62. The van der Waals surface area contributed by atoms with Crippen LogP contribution in [0.3, 0.4) is 0 Å². The molecular formula is C8H4Br2O. The van der Waals surface area contributed by atoms with Crippen LogP contribution in [-0.2, 0) is 4.79 Å². The van der Waals surface area contributed by atoms with E-state index in [0.29, 0.717) is 0 Å². The Hall–Kier alpha value is -0.370. The van der Waals surface area contributed by atoms with Gasteiger partial charge in [-0.3, -0.25) is 0 Å². The van der Waals surface area contributed by atoms with Crippen LogP contribution in [0.4, 0.5) is 0 Å². The number of rotatable bonds is 1. The molecular weight excluding hydrogens is 272 g/mol. The molecule has 0 aliphatic heterocycles. The van der Waals surface area contributed by atoms with E-state index in [4.69, 9.17) is 0 Å². The molecule has 0 unspecified atom stereocenters. The highest BCUT2D eigenvalue weighted by Gasteiger charge is 1.93. The molecule has 0 heterocycles. The fourth-order valence-electron chi connectivity index (χ4n) is 0.727. The summed E-state index contributed by atoms with van der Waals surface area (Å²) in [6.07, 6.45) is 1.38. The average Bonchev–Trinajstić information content (AvgIpc) is 1.85. The van der Waals surface area contributed by atoms with Gasteiger partial charge in [0.05, 0.1) is 0 Å². The van der Waals surface area contributed by atoms with Crippen molar-refractivity contribution >= 4 is 43.9 Å². The zero-order valence-electron chi connectivity index (χ0n) is 5.47. The summed E-state index contributed by atoms with van der Waals surface area (Å²) >= 11 is 6.61. The second-order valence-electron chi connectivity index (χ2n) is 1.96. The molecule has 0 aliphatic carbocycles. The molecule has 0 saturated heterocycles. The molecule has 0 atom stereocenters. The Morgan fingerprint density at radius 1 is 1.18 bits per heavy atom. The lowest BCUT2D eigenvalue weighted by molar-refractivity contribution is 0.570. The zero-order valence-corrected chi connectivity index (χ0v) is 8.65. The van der Waals surface area contributed by atoms with E-state index >= 15 is 0 Å². The molecule has 0 aromatic heterocycles. The quantitative estimate of drug-likeness (QED) is 0.720. The number of hydrogen-bond acceptors (Lipinski definition) is 1. The van der Waals surface area contributed by atoms with E-state index in [2.05, 4.69) is 31.9 Å². The minimum absolute atomic E-state index is 0.834. The molecule has 0 fully saturated rings. The van der Waals surface area contributed by atoms with Gasteiger partial charge in [0.2, 0.25) is 0 Å².